The molecule has 2 saturated carbocycles. The SMILES string of the molecule is CCC(C)C(O)CNC1C2CCOC2C12CCCC2. The molecule has 0 aromatic heterocycles. The smallest absolute Gasteiger partial charge is 0.0690 e. The van der Waals surface area contributed by atoms with Crippen LogP contribution >= 0.6 is 0 Å². The van der Waals surface area contributed by atoms with Gasteiger partial charge in [0.25, 0.3) is 0 Å². The summed E-state index contributed by atoms with van der Waals surface area (Å²) >= 11 is 0. The molecule has 3 rings (SSSR count). The van der Waals surface area contributed by atoms with E-state index in [4.69, 9.17) is 4.74 Å². The minimum atomic E-state index is -0.204. The number of hydrogen-bond donors (Lipinski definition) is 2. The Hall–Kier alpha value is -0.120. The molecule has 1 spiro atoms. The summed E-state index contributed by atoms with van der Waals surface area (Å²) in [7, 11) is 0. The predicted octanol–water partition coefficient (Wildman–Crippen LogP) is 2.33. The summed E-state index contributed by atoms with van der Waals surface area (Å²) in [5, 5.41) is 13.9. The van der Waals surface area contributed by atoms with Gasteiger partial charge in [-0.3, -0.25) is 0 Å². The second kappa shape index (κ2) is 5.34. The molecule has 1 heterocycles. The van der Waals surface area contributed by atoms with Crippen molar-refractivity contribution in [3.05, 3.63) is 0 Å². The minimum Gasteiger partial charge on any atom is -0.392 e. The highest BCUT2D eigenvalue weighted by Crippen LogP contribution is 2.60. The second-order valence-corrected chi connectivity index (χ2v) is 7.02. The summed E-state index contributed by atoms with van der Waals surface area (Å²) < 4.78 is 5.99. The Kier molecular flexibility index (Phi) is 3.89. The lowest BCUT2D eigenvalue weighted by molar-refractivity contribution is -0.132. The first-order chi connectivity index (χ1) is 9.19. The van der Waals surface area contributed by atoms with Crippen molar-refractivity contribution < 1.29 is 9.84 Å². The third-order valence-electron chi connectivity index (χ3n) is 6.13. The molecule has 19 heavy (non-hydrogen) atoms. The molecule has 0 aromatic rings. The molecule has 1 aliphatic heterocycles. The summed E-state index contributed by atoms with van der Waals surface area (Å²) in [5.41, 5.74) is 0.413. The first-order valence-corrected chi connectivity index (χ1v) is 8.22. The van der Waals surface area contributed by atoms with Gasteiger partial charge in [-0.2, -0.15) is 0 Å². The lowest BCUT2D eigenvalue weighted by atomic mass is 9.54. The van der Waals surface area contributed by atoms with E-state index >= 15 is 0 Å². The maximum Gasteiger partial charge on any atom is 0.0690 e. The van der Waals surface area contributed by atoms with Crippen molar-refractivity contribution in [1.82, 2.24) is 5.32 Å². The van der Waals surface area contributed by atoms with E-state index in [1.807, 2.05) is 0 Å². The van der Waals surface area contributed by atoms with Gasteiger partial charge in [0, 0.05) is 30.5 Å². The van der Waals surface area contributed by atoms with Crippen LogP contribution in [0.4, 0.5) is 0 Å². The van der Waals surface area contributed by atoms with Gasteiger partial charge >= 0.3 is 0 Å². The van der Waals surface area contributed by atoms with Gasteiger partial charge in [0.2, 0.25) is 0 Å². The number of ether oxygens (including phenoxy) is 1. The fourth-order valence-corrected chi connectivity index (χ4v) is 4.73. The van der Waals surface area contributed by atoms with Crippen molar-refractivity contribution in [2.45, 2.75) is 70.6 Å². The number of aliphatic hydroxyl groups excluding tert-OH is 1. The molecule has 1 saturated heterocycles. The van der Waals surface area contributed by atoms with Crippen LogP contribution in [0.3, 0.4) is 0 Å². The summed E-state index contributed by atoms with van der Waals surface area (Å²) in [6.07, 6.45) is 7.95. The lowest BCUT2D eigenvalue weighted by Crippen LogP contribution is -2.68. The second-order valence-electron chi connectivity index (χ2n) is 7.02. The molecule has 0 bridgehead atoms. The van der Waals surface area contributed by atoms with Gasteiger partial charge in [0.15, 0.2) is 0 Å². The van der Waals surface area contributed by atoms with Crippen LogP contribution in [0.5, 0.6) is 0 Å². The largest absolute Gasteiger partial charge is 0.392 e. The number of rotatable bonds is 5. The van der Waals surface area contributed by atoms with E-state index in [0.717, 1.165) is 19.6 Å². The van der Waals surface area contributed by atoms with Gasteiger partial charge in [0.05, 0.1) is 12.2 Å². The standard InChI is InChI=1S/C16H29NO2/c1-3-11(2)13(18)10-17-14-12-6-9-19-15(12)16(14)7-4-5-8-16/h11-15,17-18H,3-10H2,1-2H3. The molecule has 2 aliphatic carbocycles. The predicted molar refractivity (Wildman–Crippen MR) is 76.0 cm³/mol. The third-order valence-corrected chi connectivity index (χ3v) is 6.13. The van der Waals surface area contributed by atoms with E-state index in [0.29, 0.717) is 29.4 Å². The van der Waals surface area contributed by atoms with Crippen molar-refractivity contribution in [3.63, 3.8) is 0 Å². The van der Waals surface area contributed by atoms with Crippen molar-refractivity contribution >= 4 is 0 Å². The van der Waals surface area contributed by atoms with Gasteiger partial charge in [-0.25, -0.2) is 0 Å². The van der Waals surface area contributed by atoms with Crippen LogP contribution in [0.25, 0.3) is 0 Å². The highest BCUT2D eigenvalue weighted by atomic mass is 16.5. The number of hydrogen-bond acceptors (Lipinski definition) is 3. The Labute approximate surface area is 117 Å². The maximum absolute atomic E-state index is 10.2. The van der Waals surface area contributed by atoms with Crippen LogP contribution in [0, 0.1) is 17.3 Å². The van der Waals surface area contributed by atoms with Crippen LogP contribution < -0.4 is 5.32 Å². The molecule has 2 N–H and O–H groups in total. The maximum atomic E-state index is 10.2. The topological polar surface area (TPSA) is 41.5 Å². The molecule has 5 atom stereocenters. The molecular formula is C16H29NO2. The normalized spacial score (nSPS) is 39.0. The average molecular weight is 267 g/mol. The quantitative estimate of drug-likeness (QED) is 0.803. The fourth-order valence-electron chi connectivity index (χ4n) is 4.73. The van der Waals surface area contributed by atoms with Crippen molar-refractivity contribution in [2.24, 2.45) is 17.3 Å². The van der Waals surface area contributed by atoms with Crippen molar-refractivity contribution in [1.29, 1.82) is 0 Å². The Bertz CT molecular complexity index is 314. The van der Waals surface area contributed by atoms with Crippen molar-refractivity contribution in [3.8, 4) is 0 Å². The highest BCUT2D eigenvalue weighted by Gasteiger charge is 2.64. The van der Waals surface area contributed by atoms with Gasteiger partial charge in [-0.05, 0) is 25.2 Å². The molecule has 3 heteroatoms. The monoisotopic (exact) mass is 267 g/mol. The Balaban J connectivity index is 1.60. The molecule has 0 radical (unpaired) electrons. The zero-order valence-electron chi connectivity index (χ0n) is 12.4. The Morgan fingerprint density at radius 1 is 1.37 bits per heavy atom. The van der Waals surface area contributed by atoms with Crippen molar-refractivity contribution in [2.75, 3.05) is 13.2 Å². The van der Waals surface area contributed by atoms with Gasteiger partial charge in [-0.15, -0.1) is 0 Å². The van der Waals surface area contributed by atoms with Gasteiger partial charge < -0.3 is 15.2 Å². The first-order valence-electron chi connectivity index (χ1n) is 8.22. The van der Waals surface area contributed by atoms with E-state index in [1.54, 1.807) is 0 Å². The number of aliphatic hydroxyl groups is 1. The molecule has 110 valence electrons. The summed E-state index contributed by atoms with van der Waals surface area (Å²) in [4.78, 5) is 0. The zero-order valence-corrected chi connectivity index (χ0v) is 12.4. The third kappa shape index (κ3) is 2.14. The van der Waals surface area contributed by atoms with E-state index in [9.17, 15) is 5.11 Å². The molecule has 3 fully saturated rings. The zero-order chi connectivity index (χ0) is 13.5. The Morgan fingerprint density at radius 2 is 2.11 bits per heavy atom. The lowest BCUT2D eigenvalue weighted by Gasteiger charge is -2.57. The number of nitrogens with one attached hydrogen (secondary N) is 1. The molecular weight excluding hydrogens is 238 g/mol. The van der Waals surface area contributed by atoms with Crippen LogP contribution in [0.1, 0.15) is 52.4 Å². The van der Waals surface area contributed by atoms with E-state index < -0.39 is 0 Å². The van der Waals surface area contributed by atoms with Crippen LogP contribution in [0.2, 0.25) is 0 Å². The van der Waals surface area contributed by atoms with Crippen LogP contribution in [0.15, 0.2) is 0 Å². The van der Waals surface area contributed by atoms with Gasteiger partial charge in [-0.1, -0.05) is 33.1 Å². The molecule has 0 aromatic carbocycles. The van der Waals surface area contributed by atoms with Crippen LogP contribution in [-0.2, 0) is 4.74 Å². The van der Waals surface area contributed by atoms with E-state index in [-0.39, 0.29) is 6.10 Å². The molecule has 0 amide bonds. The summed E-state index contributed by atoms with van der Waals surface area (Å²) in [6, 6.07) is 0.598. The minimum absolute atomic E-state index is 0.204. The summed E-state index contributed by atoms with van der Waals surface area (Å²) in [5.74, 6) is 1.10. The molecule has 5 unspecified atom stereocenters. The average Bonchev–Trinajstić information content (AvgIpc) is 3.05. The first kappa shape index (κ1) is 13.8. The fraction of sp³-hybridized carbons (Fsp3) is 1.00. The van der Waals surface area contributed by atoms with Crippen LogP contribution in [-0.4, -0.2) is 36.5 Å². The molecule has 3 nitrogen and oxygen atoms in total. The highest BCUT2D eigenvalue weighted by molar-refractivity contribution is 5.16. The summed E-state index contributed by atoms with van der Waals surface area (Å²) in [6.45, 7) is 5.99. The number of fused-ring (bicyclic) bond motifs is 2. The molecule has 3 aliphatic rings. The van der Waals surface area contributed by atoms with Gasteiger partial charge in [0.1, 0.15) is 0 Å². The van der Waals surface area contributed by atoms with E-state index in [1.165, 1.54) is 32.1 Å². The van der Waals surface area contributed by atoms with E-state index in [2.05, 4.69) is 19.2 Å². The Morgan fingerprint density at radius 3 is 2.79 bits per heavy atom.